The maximum Gasteiger partial charge on any atom is 0.353 e. The number of carbonyl (C=O) groups excluding carboxylic acids is 1. The predicted octanol–water partition coefficient (Wildman–Crippen LogP) is 5.94. The molecular formula is C26H26FN7O4. The van der Waals surface area contributed by atoms with Gasteiger partial charge in [-0.15, -0.1) is 0 Å². The molecule has 2 aromatic heterocycles. The van der Waals surface area contributed by atoms with Crippen molar-refractivity contribution in [2.24, 2.45) is 0 Å². The van der Waals surface area contributed by atoms with Gasteiger partial charge in [-0.05, 0) is 31.2 Å². The summed E-state index contributed by atoms with van der Waals surface area (Å²) in [5.74, 6) is -0.972. The molecule has 0 bridgehead atoms. The van der Waals surface area contributed by atoms with E-state index in [1.807, 2.05) is 52.0 Å². The van der Waals surface area contributed by atoms with Gasteiger partial charge in [0.25, 0.3) is 0 Å². The number of nitrogens with two attached hydrogens (primary N) is 1. The van der Waals surface area contributed by atoms with Crippen molar-refractivity contribution in [3.05, 3.63) is 88.0 Å². The number of nitrogen functional groups attached to an aromatic ring is 1. The number of hydrogen-bond donors (Lipinski definition) is 3. The Morgan fingerprint density at radius 1 is 1.11 bits per heavy atom. The monoisotopic (exact) mass is 519 g/mol. The highest BCUT2D eigenvalue weighted by Gasteiger charge is 2.23. The number of urea groups is 1. The van der Waals surface area contributed by atoms with Gasteiger partial charge in [-0.3, -0.25) is 15.4 Å². The molecule has 38 heavy (non-hydrogen) atoms. The Balaban J connectivity index is 1.53. The molecular weight excluding hydrogens is 493 g/mol. The summed E-state index contributed by atoms with van der Waals surface area (Å²) in [6.45, 7) is 7.99. The van der Waals surface area contributed by atoms with Crippen LogP contribution in [0.5, 0.6) is 11.5 Å². The van der Waals surface area contributed by atoms with Crippen LogP contribution in [0.4, 0.5) is 32.2 Å². The summed E-state index contributed by atoms with van der Waals surface area (Å²) < 4.78 is 21.9. The number of halogens is 1. The Hall–Kier alpha value is -5.00. The van der Waals surface area contributed by atoms with Crippen LogP contribution in [0.15, 0.2) is 60.8 Å². The van der Waals surface area contributed by atoms with E-state index in [4.69, 9.17) is 10.5 Å². The Morgan fingerprint density at radius 3 is 2.45 bits per heavy atom. The lowest BCUT2D eigenvalue weighted by molar-refractivity contribution is -0.384. The van der Waals surface area contributed by atoms with E-state index in [1.165, 1.54) is 24.4 Å². The molecule has 0 atom stereocenters. The molecule has 2 amide bonds. The summed E-state index contributed by atoms with van der Waals surface area (Å²) in [6.07, 6.45) is 1.24. The molecule has 4 N–H and O–H groups in total. The second-order valence-corrected chi connectivity index (χ2v) is 9.54. The summed E-state index contributed by atoms with van der Waals surface area (Å²) >= 11 is 0. The minimum absolute atomic E-state index is 0.0329. The standard InChI is InChI=1S/C26H26FN7O4/c1-15-5-7-16(8-6-15)33-22(14-21(32-33)26(2,3)4)31-25(35)30-19-10-9-17(13-18(19)27)38-20-11-12-29-24(28)23(20)34(36)37/h5-14H,1-4H3,(H2,28,29)(H2,30,31,35). The molecule has 2 aromatic carbocycles. The van der Waals surface area contributed by atoms with Gasteiger partial charge in [0.05, 0.1) is 22.0 Å². The largest absolute Gasteiger partial charge is 0.450 e. The van der Waals surface area contributed by atoms with Crippen LogP contribution in [0.3, 0.4) is 0 Å². The number of rotatable bonds is 6. The van der Waals surface area contributed by atoms with E-state index in [2.05, 4.69) is 20.7 Å². The molecule has 2 heterocycles. The van der Waals surface area contributed by atoms with E-state index in [1.54, 1.807) is 10.7 Å². The lowest BCUT2D eigenvalue weighted by Gasteiger charge is -2.14. The molecule has 0 aliphatic rings. The normalized spacial score (nSPS) is 11.2. The van der Waals surface area contributed by atoms with Gasteiger partial charge in [-0.25, -0.2) is 18.9 Å². The molecule has 196 valence electrons. The van der Waals surface area contributed by atoms with Crippen molar-refractivity contribution in [2.45, 2.75) is 33.1 Å². The summed E-state index contributed by atoms with van der Waals surface area (Å²) in [7, 11) is 0. The first-order valence-corrected chi connectivity index (χ1v) is 11.5. The number of nitrogens with zero attached hydrogens (tertiary/aromatic N) is 4. The molecule has 4 aromatic rings. The van der Waals surface area contributed by atoms with Crippen LogP contribution >= 0.6 is 0 Å². The van der Waals surface area contributed by atoms with Crippen molar-refractivity contribution in [1.82, 2.24) is 14.8 Å². The van der Waals surface area contributed by atoms with Crippen LogP contribution in [-0.2, 0) is 5.41 Å². The van der Waals surface area contributed by atoms with Crippen molar-refractivity contribution >= 4 is 29.0 Å². The SMILES string of the molecule is Cc1ccc(-n2nc(C(C)(C)C)cc2NC(=O)Nc2ccc(Oc3ccnc(N)c3[N+](=O)[O-])cc2F)cc1. The van der Waals surface area contributed by atoms with E-state index in [-0.39, 0.29) is 28.4 Å². The zero-order valence-corrected chi connectivity index (χ0v) is 21.2. The zero-order valence-electron chi connectivity index (χ0n) is 21.2. The first kappa shape index (κ1) is 26.1. The second-order valence-electron chi connectivity index (χ2n) is 9.54. The average Bonchev–Trinajstić information content (AvgIpc) is 3.25. The molecule has 0 radical (unpaired) electrons. The van der Waals surface area contributed by atoms with Gasteiger partial charge < -0.3 is 15.8 Å². The number of nitrogens with one attached hydrogen (secondary N) is 2. The molecule has 0 saturated heterocycles. The summed E-state index contributed by atoms with van der Waals surface area (Å²) in [6, 6.07) is 13.6. The molecule has 0 aliphatic heterocycles. The summed E-state index contributed by atoms with van der Waals surface area (Å²) in [4.78, 5) is 27.0. The summed E-state index contributed by atoms with van der Waals surface area (Å²) in [5, 5.41) is 21.1. The Kier molecular flexibility index (Phi) is 6.98. The quantitative estimate of drug-likeness (QED) is 0.211. The summed E-state index contributed by atoms with van der Waals surface area (Å²) in [5.41, 5.74) is 7.20. The topological polar surface area (TPSA) is 150 Å². The number of ether oxygens (including phenoxy) is 1. The average molecular weight is 520 g/mol. The van der Waals surface area contributed by atoms with Crippen molar-refractivity contribution in [3.63, 3.8) is 0 Å². The molecule has 0 saturated carbocycles. The number of nitro groups is 1. The van der Waals surface area contributed by atoms with Gasteiger partial charge in [0.2, 0.25) is 11.6 Å². The first-order chi connectivity index (χ1) is 17.9. The third-order valence-corrected chi connectivity index (χ3v) is 5.51. The van der Waals surface area contributed by atoms with Gasteiger partial charge in [0, 0.05) is 29.8 Å². The van der Waals surface area contributed by atoms with Crippen molar-refractivity contribution in [2.75, 3.05) is 16.4 Å². The minimum Gasteiger partial charge on any atom is -0.450 e. The highest BCUT2D eigenvalue weighted by atomic mass is 19.1. The third kappa shape index (κ3) is 5.69. The fraction of sp³-hybridized carbons (Fsp3) is 0.192. The molecule has 0 spiro atoms. The molecule has 11 nitrogen and oxygen atoms in total. The van der Waals surface area contributed by atoms with E-state index in [0.717, 1.165) is 23.0 Å². The number of benzene rings is 2. The van der Waals surface area contributed by atoms with Gasteiger partial charge in [0.1, 0.15) is 17.4 Å². The van der Waals surface area contributed by atoms with E-state index in [9.17, 15) is 19.3 Å². The number of pyridine rings is 1. The number of aromatic nitrogens is 3. The lowest BCUT2D eigenvalue weighted by atomic mass is 9.92. The zero-order chi connectivity index (χ0) is 27.6. The maximum atomic E-state index is 14.8. The van der Waals surface area contributed by atoms with Crippen LogP contribution in [0.1, 0.15) is 32.0 Å². The van der Waals surface area contributed by atoms with Crippen LogP contribution < -0.4 is 21.1 Å². The van der Waals surface area contributed by atoms with Crippen LogP contribution in [0.25, 0.3) is 5.69 Å². The van der Waals surface area contributed by atoms with Crippen molar-refractivity contribution in [3.8, 4) is 17.2 Å². The Labute approximate surface area is 217 Å². The predicted molar refractivity (Wildman–Crippen MR) is 141 cm³/mol. The minimum atomic E-state index is -0.815. The molecule has 0 unspecified atom stereocenters. The van der Waals surface area contributed by atoms with Gasteiger partial charge >= 0.3 is 11.7 Å². The van der Waals surface area contributed by atoms with E-state index >= 15 is 0 Å². The number of hydrogen-bond acceptors (Lipinski definition) is 7. The van der Waals surface area contributed by atoms with E-state index < -0.39 is 22.5 Å². The Bertz CT molecular complexity index is 1510. The van der Waals surface area contributed by atoms with Crippen molar-refractivity contribution in [1.29, 1.82) is 0 Å². The third-order valence-electron chi connectivity index (χ3n) is 5.51. The van der Waals surface area contributed by atoms with E-state index in [0.29, 0.717) is 5.82 Å². The highest BCUT2D eigenvalue weighted by molar-refractivity contribution is 5.99. The van der Waals surface area contributed by atoms with Crippen LogP contribution in [0.2, 0.25) is 0 Å². The Morgan fingerprint density at radius 2 is 1.82 bits per heavy atom. The fourth-order valence-electron chi connectivity index (χ4n) is 3.49. The number of carbonyl (C=O) groups is 1. The van der Waals surface area contributed by atoms with Crippen molar-refractivity contribution < 1.29 is 18.8 Å². The van der Waals surface area contributed by atoms with Crippen LogP contribution in [-0.4, -0.2) is 25.7 Å². The molecule has 0 aliphatic carbocycles. The number of aryl methyl sites for hydroxylation is 1. The first-order valence-electron chi connectivity index (χ1n) is 11.5. The lowest BCUT2D eigenvalue weighted by Crippen LogP contribution is -2.22. The van der Waals surface area contributed by atoms with Crippen LogP contribution in [0, 0.1) is 22.9 Å². The molecule has 0 fully saturated rings. The van der Waals surface area contributed by atoms with Gasteiger partial charge in [-0.1, -0.05) is 38.5 Å². The van der Waals surface area contributed by atoms with Gasteiger partial charge in [0.15, 0.2) is 0 Å². The maximum absolute atomic E-state index is 14.8. The second kappa shape index (κ2) is 10.2. The molecule has 4 rings (SSSR count). The number of anilines is 3. The highest BCUT2D eigenvalue weighted by Crippen LogP contribution is 2.35. The van der Waals surface area contributed by atoms with Gasteiger partial charge in [-0.2, -0.15) is 5.10 Å². The molecule has 12 heteroatoms. The smallest absolute Gasteiger partial charge is 0.353 e. The fourth-order valence-corrected chi connectivity index (χ4v) is 3.49. The number of amides is 2.